The highest BCUT2D eigenvalue weighted by molar-refractivity contribution is 7.99. The Morgan fingerprint density at radius 3 is 2.51 bits per heavy atom. The summed E-state index contributed by atoms with van der Waals surface area (Å²) in [5.74, 6) is -0.556. The van der Waals surface area contributed by atoms with Crippen molar-refractivity contribution in [3.05, 3.63) is 99.4 Å². The van der Waals surface area contributed by atoms with E-state index in [-0.39, 0.29) is 20.8 Å². The van der Waals surface area contributed by atoms with Crippen molar-refractivity contribution in [3.63, 3.8) is 0 Å². The Morgan fingerprint density at radius 2 is 1.73 bits per heavy atom. The highest BCUT2D eigenvalue weighted by atomic mass is 32.2. The van der Waals surface area contributed by atoms with Crippen molar-refractivity contribution in [1.82, 2.24) is 9.47 Å². The second-order valence-electron chi connectivity index (χ2n) is 9.61. The van der Waals surface area contributed by atoms with Gasteiger partial charge in [0.2, 0.25) is 0 Å². The van der Waals surface area contributed by atoms with E-state index >= 15 is 0 Å². The minimum absolute atomic E-state index is 0.0450. The fourth-order valence-electron chi connectivity index (χ4n) is 4.96. The topological polar surface area (TPSA) is 94.1 Å². The molecule has 3 aromatic carbocycles. The van der Waals surface area contributed by atoms with Crippen LogP contribution < -0.4 is 15.9 Å². The summed E-state index contributed by atoms with van der Waals surface area (Å²) in [5, 5.41) is 11.5. The molecule has 0 unspecified atom stereocenters. The molecule has 0 radical (unpaired) electrons. The SMILES string of the molecule is O=c1oc2c(c(O)c1Sc1ccccc1F)c(=O)n(-c1ccccc1)c1cc(OCCCN3CCOCC3)ccc21. The smallest absolute Gasteiger partial charge is 0.354 e. The lowest BCUT2D eigenvalue weighted by Crippen LogP contribution is -2.37. The lowest BCUT2D eigenvalue weighted by molar-refractivity contribution is 0.0358. The average Bonchev–Trinajstić information content (AvgIpc) is 2.99. The Kier molecular flexibility index (Phi) is 7.78. The highest BCUT2D eigenvalue weighted by Gasteiger charge is 2.24. The fourth-order valence-corrected chi connectivity index (χ4v) is 5.81. The van der Waals surface area contributed by atoms with Gasteiger partial charge in [0.25, 0.3) is 5.56 Å². The molecule has 0 aliphatic carbocycles. The van der Waals surface area contributed by atoms with Crippen molar-refractivity contribution in [3.8, 4) is 17.2 Å². The van der Waals surface area contributed by atoms with Gasteiger partial charge in [0.1, 0.15) is 21.8 Å². The minimum atomic E-state index is -0.871. The Morgan fingerprint density at radius 1 is 0.976 bits per heavy atom. The molecule has 8 nitrogen and oxygen atoms in total. The molecule has 3 heterocycles. The van der Waals surface area contributed by atoms with Crippen LogP contribution in [0.3, 0.4) is 0 Å². The van der Waals surface area contributed by atoms with Crippen molar-refractivity contribution in [2.24, 2.45) is 0 Å². The third-order valence-corrected chi connectivity index (χ3v) is 8.10. The number of pyridine rings is 1. The van der Waals surface area contributed by atoms with E-state index in [0.29, 0.717) is 40.7 Å². The summed E-state index contributed by atoms with van der Waals surface area (Å²) in [4.78, 5) is 29.2. The minimum Gasteiger partial charge on any atom is -0.505 e. The van der Waals surface area contributed by atoms with Gasteiger partial charge >= 0.3 is 5.63 Å². The molecule has 1 N–H and O–H groups in total. The van der Waals surface area contributed by atoms with Crippen molar-refractivity contribution in [1.29, 1.82) is 0 Å². The molecule has 0 bridgehead atoms. The number of hydrogen-bond donors (Lipinski definition) is 1. The molecule has 1 aliphatic rings. The van der Waals surface area contributed by atoms with Gasteiger partial charge in [0.05, 0.1) is 25.3 Å². The van der Waals surface area contributed by atoms with E-state index in [1.807, 2.05) is 6.07 Å². The molecule has 1 aliphatic heterocycles. The summed E-state index contributed by atoms with van der Waals surface area (Å²) in [5.41, 5.74) is -0.486. The quantitative estimate of drug-likeness (QED) is 0.200. The van der Waals surface area contributed by atoms with E-state index in [9.17, 15) is 19.1 Å². The summed E-state index contributed by atoms with van der Waals surface area (Å²) < 4.78 is 32.9. The number of benzene rings is 3. The molecule has 0 amide bonds. The number of morpholine rings is 1. The van der Waals surface area contributed by atoms with Crippen LogP contribution in [-0.4, -0.2) is 54.0 Å². The number of halogens is 1. The largest absolute Gasteiger partial charge is 0.505 e. The first-order valence-corrected chi connectivity index (χ1v) is 14.1. The molecule has 0 spiro atoms. The number of rotatable bonds is 8. The molecule has 10 heteroatoms. The fraction of sp³-hybridized carbons (Fsp3) is 0.226. The van der Waals surface area contributed by atoms with Gasteiger partial charge in [-0.25, -0.2) is 9.18 Å². The molecule has 0 saturated carbocycles. The van der Waals surface area contributed by atoms with E-state index in [0.717, 1.165) is 39.3 Å². The van der Waals surface area contributed by atoms with Crippen molar-refractivity contribution in [2.45, 2.75) is 16.2 Å². The molecule has 5 aromatic rings. The van der Waals surface area contributed by atoms with Crippen molar-refractivity contribution < 1.29 is 23.4 Å². The van der Waals surface area contributed by atoms with Crippen LogP contribution in [0.5, 0.6) is 11.5 Å². The zero-order chi connectivity index (χ0) is 28.3. The highest BCUT2D eigenvalue weighted by Crippen LogP contribution is 2.38. The summed E-state index contributed by atoms with van der Waals surface area (Å²) in [6.07, 6.45) is 0.826. The van der Waals surface area contributed by atoms with Gasteiger partial charge < -0.3 is 19.0 Å². The number of aromatic hydroxyl groups is 1. The van der Waals surface area contributed by atoms with E-state index in [4.69, 9.17) is 13.9 Å². The lowest BCUT2D eigenvalue weighted by Gasteiger charge is -2.26. The van der Waals surface area contributed by atoms with Gasteiger partial charge in [0, 0.05) is 41.7 Å². The zero-order valence-corrected chi connectivity index (χ0v) is 22.9. The van der Waals surface area contributed by atoms with Crippen LogP contribution in [0.1, 0.15) is 6.42 Å². The Balaban J connectivity index is 1.44. The van der Waals surface area contributed by atoms with Crippen molar-refractivity contribution in [2.75, 3.05) is 39.5 Å². The van der Waals surface area contributed by atoms with Crippen LogP contribution in [-0.2, 0) is 4.74 Å². The van der Waals surface area contributed by atoms with E-state index in [1.165, 1.54) is 22.8 Å². The monoisotopic (exact) mass is 574 g/mol. The maximum atomic E-state index is 14.3. The first-order valence-electron chi connectivity index (χ1n) is 13.3. The van der Waals surface area contributed by atoms with Crippen LogP contribution in [0.2, 0.25) is 0 Å². The van der Waals surface area contributed by atoms with Gasteiger partial charge in [-0.2, -0.15) is 0 Å². The number of fused-ring (bicyclic) bond motifs is 3. The summed E-state index contributed by atoms with van der Waals surface area (Å²) in [7, 11) is 0. The summed E-state index contributed by atoms with van der Waals surface area (Å²) in [6.45, 7) is 4.68. The third-order valence-electron chi connectivity index (χ3n) is 6.98. The summed E-state index contributed by atoms with van der Waals surface area (Å²) in [6, 6.07) is 20.0. The van der Waals surface area contributed by atoms with E-state index in [2.05, 4.69) is 4.90 Å². The standard InChI is InChI=1S/C31H27FN2O6S/c32-23-9-4-5-10-25(23)41-29-27(35)26-28(40-31(29)37)22-12-11-21(39-16-6-13-33-14-17-38-18-15-33)19-24(22)34(30(26)36)20-7-2-1-3-8-20/h1-5,7-12,19,35H,6,13-18H2. The van der Waals surface area contributed by atoms with Crippen LogP contribution in [0.4, 0.5) is 4.39 Å². The molecular weight excluding hydrogens is 547 g/mol. The molecule has 210 valence electrons. The maximum Gasteiger partial charge on any atom is 0.354 e. The molecule has 1 saturated heterocycles. The molecule has 41 heavy (non-hydrogen) atoms. The van der Waals surface area contributed by atoms with Gasteiger partial charge in [-0.1, -0.05) is 42.1 Å². The molecule has 0 atom stereocenters. The summed E-state index contributed by atoms with van der Waals surface area (Å²) >= 11 is 0.712. The first-order chi connectivity index (χ1) is 20.0. The van der Waals surface area contributed by atoms with Gasteiger partial charge in [-0.15, -0.1) is 0 Å². The van der Waals surface area contributed by atoms with Crippen molar-refractivity contribution >= 4 is 33.6 Å². The van der Waals surface area contributed by atoms with E-state index in [1.54, 1.807) is 48.5 Å². The molecule has 1 fully saturated rings. The Hall–Kier alpha value is -4.12. The molecule has 6 rings (SSSR count). The van der Waals surface area contributed by atoms with Crippen LogP contribution in [0.25, 0.3) is 27.6 Å². The van der Waals surface area contributed by atoms with Gasteiger partial charge in [0.15, 0.2) is 11.3 Å². The third kappa shape index (κ3) is 5.46. The zero-order valence-electron chi connectivity index (χ0n) is 22.0. The van der Waals surface area contributed by atoms with Gasteiger partial charge in [-0.05, 0) is 42.8 Å². The second kappa shape index (κ2) is 11.8. The Labute approximate surface area is 238 Å². The number of aromatic nitrogens is 1. The van der Waals surface area contributed by atoms with Gasteiger partial charge in [-0.3, -0.25) is 14.3 Å². The number of nitrogens with zero attached hydrogens (tertiary/aromatic N) is 2. The average molecular weight is 575 g/mol. The Bertz CT molecular complexity index is 1830. The van der Waals surface area contributed by atoms with E-state index < -0.39 is 22.8 Å². The maximum absolute atomic E-state index is 14.3. The molecule has 2 aromatic heterocycles. The molecular formula is C31H27FN2O6S. The number of para-hydroxylation sites is 1. The lowest BCUT2D eigenvalue weighted by atomic mass is 10.1. The normalized spacial score (nSPS) is 14.1. The van der Waals surface area contributed by atoms with Crippen LogP contribution in [0, 0.1) is 5.82 Å². The number of hydrogen-bond acceptors (Lipinski definition) is 8. The first kappa shape index (κ1) is 27.1. The number of ether oxygens (including phenoxy) is 2. The predicted molar refractivity (Wildman–Crippen MR) is 155 cm³/mol. The second-order valence-corrected chi connectivity index (χ2v) is 10.7. The van der Waals surface area contributed by atoms with Crippen LogP contribution >= 0.6 is 11.8 Å². The van der Waals surface area contributed by atoms with Crippen LogP contribution in [0.15, 0.2) is 96.6 Å². The predicted octanol–water partition coefficient (Wildman–Crippen LogP) is 5.19.